The fourth-order valence-corrected chi connectivity index (χ4v) is 3.11. The van der Waals surface area contributed by atoms with E-state index in [0.29, 0.717) is 11.9 Å². The van der Waals surface area contributed by atoms with E-state index in [1.165, 1.54) is 5.56 Å². The SMILES string of the molecule is CCN(CCN1CCCC1=O)C(C)Cc1ccc(OC)cc1. The first-order valence-corrected chi connectivity index (χ1v) is 8.28. The Hall–Kier alpha value is -1.55. The highest BCUT2D eigenvalue weighted by atomic mass is 16.5. The maximum Gasteiger partial charge on any atom is 0.222 e. The molecule has 22 heavy (non-hydrogen) atoms. The summed E-state index contributed by atoms with van der Waals surface area (Å²) in [7, 11) is 1.69. The maximum absolute atomic E-state index is 11.7. The van der Waals surface area contributed by atoms with Gasteiger partial charge in [-0.25, -0.2) is 0 Å². The normalized spacial score (nSPS) is 16.4. The third-order valence-corrected chi connectivity index (χ3v) is 4.55. The number of benzene rings is 1. The zero-order chi connectivity index (χ0) is 15.9. The number of methoxy groups -OCH3 is 1. The summed E-state index contributed by atoms with van der Waals surface area (Å²) in [5.41, 5.74) is 1.32. The lowest BCUT2D eigenvalue weighted by Crippen LogP contribution is -2.41. The number of likely N-dealkylation sites (N-methyl/N-ethyl adjacent to an activating group) is 1. The number of ether oxygens (including phenoxy) is 1. The molecule has 0 radical (unpaired) electrons. The van der Waals surface area contributed by atoms with Crippen molar-refractivity contribution in [3.63, 3.8) is 0 Å². The van der Waals surface area contributed by atoms with Crippen molar-refractivity contribution in [2.45, 2.75) is 39.2 Å². The maximum atomic E-state index is 11.7. The van der Waals surface area contributed by atoms with Crippen molar-refractivity contribution in [3.05, 3.63) is 29.8 Å². The summed E-state index contributed by atoms with van der Waals surface area (Å²) < 4.78 is 5.20. The summed E-state index contributed by atoms with van der Waals surface area (Å²) in [5, 5.41) is 0. The number of hydrogen-bond acceptors (Lipinski definition) is 3. The van der Waals surface area contributed by atoms with Crippen molar-refractivity contribution >= 4 is 5.91 Å². The van der Waals surface area contributed by atoms with Crippen LogP contribution in [0.5, 0.6) is 5.75 Å². The van der Waals surface area contributed by atoms with Gasteiger partial charge in [-0.05, 0) is 44.0 Å². The molecule has 1 fully saturated rings. The first kappa shape index (κ1) is 16.8. The summed E-state index contributed by atoms with van der Waals surface area (Å²) >= 11 is 0. The van der Waals surface area contributed by atoms with E-state index in [0.717, 1.165) is 51.2 Å². The lowest BCUT2D eigenvalue weighted by molar-refractivity contribution is -0.127. The second kappa shape index (κ2) is 8.18. The number of rotatable bonds is 8. The van der Waals surface area contributed by atoms with Crippen molar-refractivity contribution in [2.24, 2.45) is 0 Å². The van der Waals surface area contributed by atoms with E-state index in [-0.39, 0.29) is 0 Å². The molecule has 0 bridgehead atoms. The highest BCUT2D eigenvalue weighted by Crippen LogP contribution is 2.15. The molecule has 1 unspecified atom stereocenters. The minimum Gasteiger partial charge on any atom is -0.497 e. The Morgan fingerprint density at radius 2 is 2.05 bits per heavy atom. The minimum atomic E-state index is 0.318. The quantitative estimate of drug-likeness (QED) is 0.740. The molecule has 1 aliphatic heterocycles. The van der Waals surface area contributed by atoms with Gasteiger partial charge < -0.3 is 9.64 Å². The van der Waals surface area contributed by atoms with Gasteiger partial charge in [0.2, 0.25) is 5.91 Å². The van der Waals surface area contributed by atoms with Crippen LogP contribution < -0.4 is 4.74 Å². The summed E-state index contributed by atoms with van der Waals surface area (Å²) in [6, 6.07) is 8.76. The fraction of sp³-hybridized carbons (Fsp3) is 0.611. The smallest absolute Gasteiger partial charge is 0.222 e. The van der Waals surface area contributed by atoms with Crippen LogP contribution in [0.2, 0.25) is 0 Å². The van der Waals surface area contributed by atoms with Crippen molar-refractivity contribution in [1.29, 1.82) is 0 Å². The topological polar surface area (TPSA) is 32.8 Å². The summed E-state index contributed by atoms with van der Waals surface area (Å²) in [5.74, 6) is 1.22. The number of hydrogen-bond donors (Lipinski definition) is 0. The standard InChI is InChI=1S/C18H28N2O2/c1-4-19(12-13-20-11-5-6-18(20)21)15(2)14-16-7-9-17(22-3)10-8-16/h7-10,15H,4-6,11-14H2,1-3H3. The molecule has 0 saturated carbocycles. The Labute approximate surface area is 134 Å². The molecular formula is C18H28N2O2. The molecule has 0 aromatic heterocycles. The number of likely N-dealkylation sites (tertiary alicyclic amines) is 1. The number of nitrogens with zero attached hydrogens (tertiary/aromatic N) is 2. The van der Waals surface area contributed by atoms with Crippen LogP contribution in [0.15, 0.2) is 24.3 Å². The van der Waals surface area contributed by atoms with Gasteiger partial charge in [-0.3, -0.25) is 9.69 Å². The lowest BCUT2D eigenvalue weighted by atomic mass is 10.1. The molecule has 1 amide bonds. The molecule has 1 saturated heterocycles. The molecular weight excluding hydrogens is 276 g/mol. The van der Waals surface area contributed by atoms with Gasteiger partial charge in [0.15, 0.2) is 0 Å². The average Bonchev–Trinajstić information content (AvgIpc) is 2.94. The summed E-state index contributed by atoms with van der Waals surface area (Å²) in [6.07, 6.45) is 2.77. The van der Waals surface area contributed by atoms with Gasteiger partial charge >= 0.3 is 0 Å². The van der Waals surface area contributed by atoms with Gasteiger partial charge in [-0.1, -0.05) is 19.1 Å². The van der Waals surface area contributed by atoms with E-state index in [4.69, 9.17) is 4.74 Å². The second-order valence-electron chi connectivity index (χ2n) is 6.01. The van der Waals surface area contributed by atoms with Crippen LogP contribution in [0.3, 0.4) is 0 Å². The molecule has 1 aromatic rings. The van der Waals surface area contributed by atoms with Crippen molar-refractivity contribution < 1.29 is 9.53 Å². The minimum absolute atomic E-state index is 0.318. The van der Waals surface area contributed by atoms with E-state index in [1.807, 2.05) is 17.0 Å². The van der Waals surface area contributed by atoms with Crippen LogP contribution in [0.25, 0.3) is 0 Å². The number of carbonyl (C=O) groups excluding carboxylic acids is 1. The molecule has 4 nitrogen and oxygen atoms in total. The zero-order valence-electron chi connectivity index (χ0n) is 14.0. The van der Waals surface area contributed by atoms with E-state index >= 15 is 0 Å². The Bertz CT molecular complexity index is 472. The van der Waals surface area contributed by atoms with E-state index in [1.54, 1.807) is 7.11 Å². The van der Waals surface area contributed by atoms with E-state index < -0.39 is 0 Å². The van der Waals surface area contributed by atoms with Gasteiger partial charge in [0, 0.05) is 32.1 Å². The predicted molar refractivity (Wildman–Crippen MR) is 89.2 cm³/mol. The van der Waals surface area contributed by atoms with Crippen molar-refractivity contribution in [3.8, 4) is 5.75 Å². The highest BCUT2D eigenvalue weighted by molar-refractivity contribution is 5.78. The van der Waals surface area contributed by atoms with Gasteiger partial charge in [0.25, 0.3) is 0 Å². The third kappa shape index (κ3) is 4.47. The number of carbonyl (C=O) groups is 1. The van der Waals surface area contributed by atoms with Crippen molar-refractivity contribution in [2.75, 3.05) is 33.3 Å². The molecule has 1 atom stereocenters. The van der Waals surface area contributed by atoms with Crippen LogP contribution >= 0.6 is 0 Å². The molecule has 1 heterocycles. The Kier molecular flexibility index (Phi) is 6.25. The predicted octanol–water partition coefficient (Wildman–Crippen LogP) is 2.57. The monoisotopic (exact) mass is 304 g/mol. The van der Waals surface area contributed by atoms with E-state index in [9.17, 15) is 4.79 Å². The Morgan fingerprint density at radius 1 is 1.32 bits per heavy atom. The van der Waals surface area contributed by atoms with E-state index in [2.05, 4.69) is 30.9 Å². The summed E-state index contributed by atoms with van der Waals surface area (Å²) in [6.45, 7) is 8.22. The van der Waals surface area contributed by atoms with Crippen LogP contribution in [-0.2, 0) is 11.2 Å². The molecule has 2 rings (SSSR count). The Balaban J connectivity index is 1.84. The molecule has 1 aromatic carbocycles. The zero-order valence-corrected chi connectivity index (χ0v) is 14.0. The fourth-order valence-electron chi connectivity index (χ4n) is 3.11. The molecule has 4 heteroatoms. The molecule has 122 valence electrons. The van der Waals surface area contributed by atoms with Crippen molar-refractivity contribution in [1.82, 2.24) is 9.80 Å². The van der Waals surface area contributed by atoms with Crippen LogP contribution in [0, 0.1) is 0 Å². The Morgan fingerprint density at radius 3 is 2.59 bits per heavy atom. The van der Waals surface area contributed by atoms with Crippen LogP contribution in [-0.4, -0.2) is 55.0 Å². The van der Waals surface area contributed by atoms with Gasteiger partial charge in [-0.2, -0.15) is 0 Å². The van der Waals surface area contributed by atoms with Crippen LogP contribution in [0.1, 0.15) is 32.3 Å². The first-order chi connectivity index (χ1) is 10.6. The largest absolute Gasteiger partial charge is 0.497 e. The lowest BCUT2D eigenvalue weighted by Gasteiger charge is -2.30. The highest BCUT2D eigenvalue weighted by Gasteiger charge is 2.21. The van der Waals surface area contributed by atoms with Gasteiger partial charge in [0.1, 0.15) is 5.75 Å². The third-order valence-electron chi connectivity index (χ3n) is 4.55. The van der Waals surface area contributed by atoms with Gasteiger partial charge in [0.05, 0.1) is 7.11 Å². The molecule has 0 spiro atoms. The molecule has 1 aliphatic rings. The van der Waals surface area contributed by atoms with Gasteiger partial charge in [-0.15, -0.1) is 0 Å². The average molecular weight is 304 g/mol. The summed E-state index contributed by atoms with van der Waals surface area (Å²) in [4.78, 5) is 16.1. The van der Waals surface area contributed by atoms with Crippen LogP contribution in [0.4, 0.5) is 0 Å². The molecule has 0 N–H and O–H groups in total. The second-order valence-corrected chi connectivity index (χ2v) is 6.01. The first-order valence-electron chi connectivity index (χ1n) is 8.28. The number of amides is 1. The molecule has 0 aliphatic carbocycles.